The molecule has 6 nitrogen and oxygen atoms in total. The van der Waals surface area contributed by atoms with Gasteiger partial charge in [-0.3, -0.25) is 4.98 Å². The number of rotatable bonds is 4. The summed E-state index contributed by atoms with van der Waals surface area (Å²) in [5.74, 6) is 0.976. The maximum Gasteiger partial charge on any atom is 0.341 e. The molecule has 4 aromatic rings. The van der Waals surface area contributed by atoms with Crippen LogP contribution in [0.25, 0.3) is 21.6 Å². The molecule has 5 rings (SSSR count). The van der Waals surface area contributed by atoms with Crippen molar-refractivity contribution in [3.63, 3.8) is 0 Å². The third-order valence-electron chi connectivity index (χ3n) is 4.95. The molecule has 3 heterocycles. The predicted molar refractivity (Wildman–Crippen MR) is 111 cm³/mol. The van der Waals surface area contributed by atoms with E-state index in [2.05, 4.69) is 4.98 Å². The molecule has 0 radical (unpaired) electrons. The Morgan fingerprint density at radius 2 is 2.00 bits per heavy atom. The van der Waals surface area contributed by atoms with E-state index in [1.165, 1.54) is 17.6 Å². The molecule has 144 valence electrons. The number of nitrogens with zero attached hydrogens (tertiary/aromatic N) is 3. The smallest absolute Gasteiger partial charge is 0.341 e. The fourth-order valence-corrected chi connectivity index (χ4v) is 4.85. The third-order valence-corrected chi connectivity index (χ3v) is 6.14. The van der Waals surface area contributed by atoms with E-state index in [1.807, 2.05) is 18.2 Å². The summed E-state index contributed by atoms with van der Waals surface area (Å²) in [7, 11) is 1.36. The minimum Gasteiger partial charge on any atom is -0.465 e. The fraction of sp³-hybridized carbons (Fsp3) is 0.182. The molecule has 7 heteroatoms. The number of fused-ring (bicyclic) bond motifs is 3. The average Bonchev–Trinajstić information content (AvgIpc) is 3.35. The van der Waals surface area contributed by atoms with Crippen LogP contribution in [-0.4, -0.2) is 28.0 Å². The molecule has 0 spiro atoms. The second kappa shape index (κ2) is 7.25. The molecular weight excluding hydrogens is 386 g/mol. The Labute approximate surface area is 171 Å². The highest BCUT2D eigenvalue weighted by Crippen LogP contribution is 2.42. The summed E-state index contributed by atoms with van der Waals surface area (Å²) in [5, 5.41) is 0.940. The summed E-state index contributed by atoms with van der Waals surface area (Å²) >= 11 is 1.69. The Hall–Kier alpha value is -3.32. The van der Waals surface area contributed by atoms with Crippen LogP contribution in [0.3, 0.4) is 0 Å². The van der Waals surface area contributed by atoms with Crippen molar-refractivity contribution in [2.24, 2.45) is 0 Å². The lowest BCUT2D eigenvalue weighted by Gasteiger charge is -2.12. The van der Waals surface area contributed by atoms with Crippen LogP contribution in [0, 0.1) is 0 Å². The van der Waals surface area contributed by atoms with Gasteiger partial charge in [0, 0.05) is 22.8 Å². The Morgan fingerprint density at radius 3 is 2.83 bits per heavy atom. The molecule has 0 saturated heterocycles. The molecule has 1 aromatic carbocycles. The van der Waals surface area contributed by atoms with Gasteiger partial charge >= 0.3 is 5.97 Å². The van der Waals surface area contributed by atoms with Crippen molar-refractivity contribution in [3.8, 4) is 23.0 Å². The van der Waals surface area contributed by atoms with E-state index in [1.54, 1.807) is 41.9 Å². The highest BCUT2D eigenvalue weighted by molar-refractivity contribution is 7.19. The summed E-state index contributed by atoms with van der Waals surface area (Å²) in [6.07, 6.45) is 6.61. The third kappa shape index (κ3) is 3.13. The minimum atomic E-state index is -0.450. The van der Waals surface area contributed by atoms with Gasteiger partial charge in [-0.15, -0.1) is 11.3 Å². The lowest BCUT2D eigenvalue weighted by atomic mass is 10.2. The van der Waals surface area contributed by atoms with Crippen molar-refractivity contribution in [1.82, 2.24) is 15.0 Å². The zero-order valence-corrected chi connectivity index (χ0v) is 16.5. The van der Waals surface area contributed by atoms with Crippen LogP contribution in [0.15, 0.2) is 48.8 Å². The molecule has 1 aliphatic rings. The van der Waals surface area contributed by atoms with Crippen LogP contribution in [0.1, 0.15) is 27.2 Å². The van der Waals surface area contributed by atoms with Gasteiger partial charge in [-0.2, -0.15) is 4.98 Å². The predicted octanol–water partition coefficient (Wildman–Crippen LogP) is 4.82. The van der Waals surface area contributed by atoms with E-state index in [0.29, 0.717) is 23.0 Å². The molecule has 1 aliphatic carbocycles. The number of ether oxygens (including phenoxy) is 2. The highest BCUT2D eigenvalue weighted by atomic mass is 32.1. The number of pyridine rings is 1. The number of methoxy groups -OCH3 is 1. The lowest BCUT2D eigenvalue weighted by molar-refractivity contribution is 0.0598. The Morgan fingerprint density at radius 1 is 1.10 bits per heavy atom. The number of hydrogen-bond acceptors (Lipinski definition) is 7. The molecular formula is C22H17N3O3S. The van der Waals surface area contributed by atoms with Crippen molar-refractivity contribution in [2.75, 3.05) is 7.11 Å². The van der Waals surface area contributed by atoms with Gasteiger partial charge in [-0.05, 0) is 49.1 Å². The number of benzene rings is 1. The summed E-state index contributed by atoms with van der Waals surface area (Å²) in [4.78, 5) is 28.1. The Kier molecular flexibility index (Phi) is 4.44. The van der Waals surface area contributed by atoms with Gasteiger partial charge in [-0.1, -0.05) is 12.1 Å². The van der Waals surface area contributed by atoms with Gasteiger partial charge in [-0.25, -0.2) is 9.78 Å². The van der Waals surface area contributed by atoms with Crippen molar-refractivity contribution in [3.05, 3.63) is 64.8 Å². The molecule has 0 amide bonds. The first-order valence-corrected chi connectivity index (χ1v) is 10.1. The van der Waals surface area contributed by atoms with E-state index in [4.69, 9.17) is 19.4 Å². The topological polar surface area (TPSA) is 74.2 Å². The number of para-hydroxylation sites is 1. The number of carbonyl (C=O) groups is 1. The number of aryl methyl sites for hydroxylation is 2. The highest BCUT2D eigenvalue weighted by Gasteiger charge is 2.25. The van der Waals surface area contributed by atoms with Crippen molar-refractivity contribution >= 4 is 27.5 Å². The number of carbonyl (C=O) groups excluding carboxylic acids is 1. The SMILES string of the molecule is COC(=O)c1ccccc1Oc1nc(-c2cccnc2)nc2sc3c(c12)CCC3. The second-order valence-corrected chi connectivity index (χ2v) is 7.80. The lowest BCUT2D eigenvalue weighted by Crippen LogP contribution is -2.04. The second-order valence-electron chi connectivity index (χ2n) is 6.72. The minimum absolute atomic E-state index is 0.358. The van der Waals surface area contributed by atoms with Gasteiger partial charge in [0.2, 0.25) is 5.88 Å². The molecule has 0 bridgehead atoms. The molecule has 0 unspecified atom stereocenters. The Bertz CT molecular complexity index is 1220. The normalized spacial score (nSPS) is 12.7. The van der Waals surface area contributed by atoms with Gasteiger partial charge in [0.25, 0.3) is 0 Å². The quantitative estimate of drug-likeness (QED) is 0.455. The summed E-state index contributed by atoms with van der Waals surface area (Å²) in [6, 6.07) is 10.8. The molecule has 3 aromatic heterocycles. The van der Waals surface area contributed by atoms with E-state index in [0.717, 1.165) is 35.0 Å². The molecule has 0 fully saturated rings. The molecule has 0 saturated carbocycles. The van der Waals surface area contributed by atoms with Crippen LogP contribution < -0.4 is 4.74 Å². The first-order chi connectivity index (χ1) is 14.2. The van der Waals surface area contributed by atoms with Crippen molar-refractivity contribution in [1.29, 1.82) is 0 Å². The largest absolute Gasteiger partial charge is 0.465 e. The molecule has 0 aliphatic heterocycles. The number of esters is 1. The van der Waals surface area contributed by atoms with Gasteiger partial charge in [0.05, 0.1) is 12.5 Å². The number of hydrogen-bond donors (Lipinski definition) is 0. The van der Waals surface area contributed by atoms with Gasteiger partial charge in [0.15, 0.2) is 5.82 Å². The summed E-state index contributed by atoms with van der Waals surface area (Å²) in [5.41, 5.74) is 2.43. The van der Waals surface area contributed by atoms with Gasteiger partial charge in [0.1, 0.15) is 16.1 Å². The average molecular weight is 403 g/mol. The van der Waals surface area contributed by atoms with E-state index in [-0.39, 0.29) is 0 Å². The maximum absolute atomic E-state index is 12.2. The zero-order valence-electron chi connectivity index (χ0n) is 15.7. The van der Waals surface area contributed by atoms with E-state index in [9.17, 15) is 4.79 Å². The zero-order chi connectivity index (χ0) is 19.8. The standard InChI is InChI=1S/C22H17N3O3S/c1-27-22(26)14-7-2-3-9-16(14)28-20-18-15-8-4-10-17(15)29-21(18)25-19(24-20)13-6-5-11-23-12-13/h2-3,5-7,9,11-12H,4,8,10H2,1H3. The van der Waals surface area contributed by atoms with Crippen LogP contribution in [0.5, 0.6) is 11.6 Å². The van der Waals surface area contributed by atoms with E-state index < -0.39 is 5.97 Å². The summed E-state index contributed by atoms with van der Waals surface area (Å²) in [6.45, 7) is 0. The monoisotopic (exact) mass is 403 g/mol. The Balaban J connectivity index is 1.69. The van der Waals surface area contributed by atoms with Crippen LogP contribution in [-0.2, 0) is 17.6 Å². The van der Waals surface area contributed by atoms with E-state index >= 15 is 0 Å². The fourth-order valence-electron chi connectivity index (χ4n) is 3.60. The molecule has 0 N–H and O–H groups in total. The van der Waals surface area contributed by atoms with Crippen LogP contribution >= 0.6 is 11.3 Å². The van der Waals surface area contributed by atoms with Crippen LogP contribution in [0.4, 0.5) is 0 Å². The first-order valence-electron chi connectivity index (χ1n) is 9.32. The molecule has 29 heavy (non-hydrogen) atoms. The maximum atomic E-state index is 12.2. The van der Waals surface area contributed by atoms with Gasteiger partial charge < -0.3 is 9.47 Å². The number of thiophene rings is 1. The van der Waals surface area contributed by atoms with Crippen LogP contribution in [0.2, 0.25) is 0 Å². The molecule has 0 atom stereocenters. The summed E-state index contributed by atoms with van der Waals surface area (Å²) < 4.78 is 11.1. The number of aromatic nitrogens is 3. The van der Waals surface area contributed by atoms with Crippen molar-refractivity contribution in [2.45, 2.75) is 19.3 Å². The first kappa shape index (κ1) is 17.8. The van der Waals surface area contributed by atoms with Crippen molar-refractivity contribution < 1.29 is 14.3 Å².